The van der Waals surface area contributed by atoms with E-state index in [2.05, 4.69) is 24.7 Å². The second-order valence-electron chi connectivity index (χ2n) is 9.07. The van der Waals surface area contributed by atoms with Crippen LogP contribution in [0, 0.1) is 23.2 Å². The Morgan fingerprint density at radius 2 is 2.09 bits per heavy atom. The third-order valence-electron chi connectivity index (χ3n) is 7.18. The number of carbonyl (C=O) groups excluding carboxylic acids is 1. The second kappa shape index (κ2) is 9.28. The van der Waals surface area contributed by atoms with Crippen molar-refractivity contribution in [2.24, 2.45) is 16.8 Å². The summed E-state index contributed by atoms with van der Waals surface area (Å²) >= 11 is 0. The van der Waals surface area contributed by atoms with Gasteiger partial charge in [-0.15, -0.1) is 0 Å². The molecule has 1 heterocycles. The number of Topliss-reactive ketones (excluding diaryl/α,β-unsaturated/α-hetero) is 1. The molecule has 34 heavy (non-hydrogen) atoms. The molecular formula is C28H28N4O2. The van der Waals surface area contributed by atoms with Gasteiger partial charge in [-0.25, -0.2) is 9.97 Å². The molecule has 0 radical (unpaired) electrons. The summed E-state index contributed by atoms with van der Waals surface area (Å²) in [6, 6.07) is 9.83. The molecule has 1 aromatic carbocycles. The summed E-state index contributed by atoms with van der Waals surface area (Å²) in [5, 5.41) is 19.1. The van der Waals surface area contributed by atoms with Crippen molar-refractivity contribution in [2.75, 3.05) is 0 Å². The number of hydrogen-bond donors (Lipinski definition) is 1. The molecule has 2 aliphatic rings. The standard InChI is InChI=1S/C28H28N4O2/c1-5-19(12-13-30-4)27-31-24(20-8-6-18(16-33)7-9-20)22-10-11-23-17(2)25(34)21(15-29)14-28(23,3)26(22)32-27/h5-9,12-14,17,23,33H,4,10-11,16H2,1-3H3/b13-12-,19-5+/t17-,23-,28-/m1/s1. The van der Waals surface area contributed by atoms with Crippen molar-refractivity contribution in [3.63, 3.8) is 0 Å². The molecule has 0 bridgehead atoms. The number of nitriles is 1. The zero-order valence-corrected chi connectivity index (χ0v) is 19.7. The first kappa shape index (κ1) is 23.5. The van der Waals surface area contributed by atoms with Gasteiger partial charge in [0.25, 0.3) is 0 Å². The van der Waals surface area contributed by atoms with Crippen LogP contribution in [0.1, 0.15) is 49.8 Å². The van der Waals surface area contributed by atoms with E-state index >= 15 is 0 Å². The highest BCUT2D eigenvalue weighted by atomic mass is 16.3. The van der Waals surface area contributed by atoms with E-state index in [4.69, 9.17) is 9.97 Å². The van der Waals surface area contributed by atoms with Crippen molar-refractivity contribution in [2.45, 2.75) is 45.6 Å². The van der Waals surface area contributed by atoms with Crippen LogP contribution < -0.4 is 0 Å². The molecule has 6 nitrogen and oxygen atoms in total. The van der Waals surface area contributed by atoms with Gasteiger partial charge in [0.15, 0.2) is 11.6 Å². The first-order chi connectivity index (χ1) is 16.4. The lowest BCUT2D eigenvalue weighted by Crippen LogP contribution is -2.46. The van der Waals surface area contributed by atoms with Gasteiger partial charge >= 0.3 is 0 Å². The average molecular weight is 453 g/mol. The maximum Gasteiger partial charge on any atom is 0.176 e. The lowest BCUT2D eigenvalue weighted by atomic mass is 9.57. The summed E-state index contributed by atoms with van der Waals surface area (Å²) in [7, 11) is 0. The van der Waals surface area contributed by atoms with Gasteiger partial charge < -0.3 is 5.11 Å². The van der Waals surface area contributed by atoms with Crippen LogP contribution in [0.5, 0.6) is 0 Å². The predicted octanol–water partition coefficient (Wildman–Crippen LogP) is 4.74. The average Bonchev–Trinajstić information content (AvgIpc) is 2.86. The lowest BCUT2D eigenvalue weighted by Gasteiger charge is -2.45. The van der Waals surface area contributed by atoms with Crippen LogP contribution >= 0.6 is 0 Å². The quantitative estimate of drug-likeness (QED) is 0.522. The Bertz CT molecular complexity index is 1280. The van der Waals surface area contributed by atoms with Crippen LogP contribution in [0.3, 0.4) is 0 Å². The molecule has 3 atom stereocenters. The summed E-state index contributed by atoms with van der Waals surface area (Å²) in [4.78, 5) is 26.6. The molecule has 0 fully saturated rings. The monoisotopic (exact) mass is 452 g/mol. The molecule has 2 aromatic rings. The minimum Gasteiger partial charge on any atom is -0.392 e. The van der Waals surface area contributed by atoms with Crippen molar-refractivity contribution >= 4 is 18.1 Å². The van der Waals surface area contributed by atoms with Crippen molar-refractivity contribution < 1.29 is 9.90 Å². The van der Waals surface area contributed by atoms with Crippen molar-refractivity contribution in [3.05, 3.63) is 76.9 Å². The van der Waals surface area contributed by atoms with Gasteiger partial charge in [-0.1, -0.05) is 50.3 Å². The SMILES string of the molecule is C=N/C=C\C(=C/C)c1nc(-c2ccc(CO)cc2)c2c(n1)[C@]1(C)C=C(C#N)C(=O)[C@H](C)[C@H]1CC2. The van der Waals surface area contributed by atoms with E-state index in [1.165, 1.54) is 0 Å². The number of aliphatic hydroxyl groups excluding tert-OH is 1. The topological polar surface area (TPSA) is 99.2 Å². The Kier molecular flexibility index (Phi) is 6.41. The largest absolute Gasteiger partial charge is 0.392 e. The Balaban J connectivity index is 2.01. The van der Waals surface area contributed by atoms with E-state index in [1.807, 2.05) is 56.3 Å². The maximum absolute atomic E-state index is 12.8. The van der Waals surface area contributed by atoms with E-state index in [1.54, 1.807) is 6.20 Å². The van der Waals surface area contributed by atoms with Crippen molar-refractivity contribution in [1.29, 1.82) is 5.26 Å². The van der Waals surface area contributed by atoms with E-state index in [0.717, 1.165) is 46.5 Å². The highest BCUT2D eigenvalue weighted by Crippen LogP contribution is 2.50. The minimum atomic E-state index is -0.567. The van der Waals surface area contributed by atoms with Crippen molar-refractivity contribution in [3.8, 4) is 17.3 Å². The first-order valence-corrected chi connectivity index (χ1v) is 11.5. The van der Waals surface area contributed by atoms with Crippen LogP contribution in [0.15, 0.2) is 59.3 Å². The number of aliphatic hydroxyl groups is 1. The summed E-state index contributed by atoms with van der Waals surface area (Å²) < 4.78 is 0. The lowest BCUT2D eigenvalue weighted by molar-refractivity contribution is -0.121. The maximum atomic E-state index is 12.8. The highest BCUT2D eigenvalue weighted by molar-refractivity contribution is 6.02. The van der Waals surface area contributed by atoms with E-state index in [9.17, 15) is 15.2 Å². The summed E-state index contributed by atoms with van der Waals surface area (Å²) in [6.07, 6.45) is 8.73. The van der Waals surface area contributed by atoms with Gasteiger partial charge in [-0.2, -0.15) is 5.26 Å². The van der Waals surface area contributed by atoms with Gasteiger partial charge in [0.2, 0.25) is 0 Å². The zero-order valence-electron chi connectivity index (χ0n) is 19.7. The van der Waals surface area contributed by atoms with Gasteiger partial charge in [0.05, 0.1) is 23.6 Å². The second-order valence-corrected chi connectivity index (χ2v) is 9.07. The van der Waals surface area contributed by atoms with Crippen LogP contribution in [-0.4, -0.2) is 27.6 Å². The molecule has 0 amide bonds. The predicted molar refractivity (Wildman–Crippen MR) is 133 cm³/mol. The number of benzene rings is 1. The molecule has 0 aliphatic heterocycles. The Labute approximate surface area is 200 Å². The van der Waals surface area contributed by atoms with Gasteiger partial charge in [-0.3, -0.25) is 9.79 Å². The fourth-order valence-corrected chi connectivity index (χ4v) is 5.34. The molecule has 1 N–H and O–H groups in total. The highest BCUT2D eigenvalue weighted by Gasteiger charge is 2.49. The van der Waals surface area contributed by atoms with Crippen LogP contribution in [0.25, 0.3) is 16.8 Å². The molecule has 0 unspecified atom stereocenters. The molecule has 4 rings (SSSR count). The summed E-state index contributed by atoms with van der Waals surface area (Å²) in [5.74, 6) is 0.267. The Morgan fingerprint density at radius 1 is 1.35 bits per heavy atom. The summed E-state index contributed by atoms with van der Waals surface area (Å²) in [5.41, 5.74) is 4.94. The summed E-state index contributed by atoms with van der Waals surface area (Å²) in [6.45, 7) is 9.42. The molecule has 6 heteroatoms. The zero-order chi connectivity index (χ0) is 24.5. The molecule has 0 saturated carbocycles. The number of ketones is 1. The van der Waals surface area contributed by atoms with E-state index < -0.39 is 5.41 Å². The normalized spacial score (nSPS) is 24.3. The number of aromatic nitrogens is 2. The Hall–Kier alpha value is -3.69. The number of allylic oxidation sites excluding steroid dienone is 5. The number of hydrogen-bond acceptors (Lipinski definition) is 6. The third kappa shape index (κ3) is 3.82. The molecular weight excluding hydrogens is 424 g/mol. The number of nitrogens with zero attached hydrogens (tertiary/aromatic N) is 4. The molecule has 172 valence electrons. The van der Waals surface area contributed by atoms with Crippen LogP contribution in [-0.2, 0) is 23.2 Å². The van der Waals surface area contributed by atoms with Crippen LogP contribution in [0.4, 0.5) is 0 Å². The smallest absolute Gasteiger partial charge is 0.176 e. The van der Waals surface area contributed by atoms with Crippen molar-refractivity contribution in [1.82, 2.24) is 9.97 Å². The Morgan fingerprint density at radius 3 is 2.71 bits per heavy atom. The van der Waals surface area contributed by atoms with Crippen LogP contribution in [0.2, 0.25) is 0 Å². The number of fused-ring (bicyclic) bond motifs is 3. The fourth-order valence-electron chi connectivity index (χ4n) is 5.34. The first-order valence-electron chi connectivity index (χ1n) is 11.5. The van der Waals surface area contributed by atoms with Gasteiger partial charge in [0, 0.05) is 34.2 Å². The molecule has 1 aromatic heterocycles. The fraction of sp³-hybridized carbons (Fsp3) is 0.321. The molecule has 0 spiro atoms. The number of aliphatic imine (C=N–C) groups is 1. The number of carbonyl (C=O) groups is 1. The third-order valence-corrected chi connectivity index (χ3v) is 7.18. The molecule has 2 aliphatic carbocycles. The molecule has 0 saturated heterocycles. The number of rotatable bonds is 5. The van der Waals surface area contributed by atoms with E-state index in [0.29, 0.717) is 5.82 Å². The van der Waals surface area contributed by atoms with E-state index in [-0.39, 0.29) is 29.8 Å². The van der Waals surface area contributed by atoms with Gasteiger partial charge in [-0.05, 0) is 44.0 Å². The van der Waals surface area contributed by atoms with Gasteiger partial charge in [0.1, 0.15) is 6.07 Å². The minimum absolute atomic E-state index is 0.0249.